The van der Waals surface area contributed by atoms with Gasteiger partial charge in [-0.3, -0.25) is 4.98 Å². The molecule has 2 aromatic heterocycles. The summed E-state index contributed by atoms with van der Waals surface area (Å²) in [6.07, 6.45) is 1.97. The Morgan fingerprint density at radius 2 is 1.08 bits per heavy atom. The lowest BCUT2D eigenvalue weighted by atomic mass is 9.67. The van der Waals surface area contributed by atoms with Crippen LogP contribution in [-0.2, 0) is 5.41 Å². The van der Waals surface area contributed by atoms with E-state index in [2.05, 4.69) is 158 Å². The Morgan fingerprint density at radius 1 is 0.451 bits per heavy atom. The normalized spacial score (nSPS) is 12.8. The summed E-state index contributed by atoms with van der Waals surface area (Å²) in [6.45, 7) is 0. The molecular weight excluding hydrogens is 619 g/mol. The standard InChI is InChI=1S/C48H29N3/c49-29-31-18-22-41-42-23-21-34(28-44(42)48(43(41)24-31,39-13-3-1-4-14-39)40-15-5-2-6-16-40)32-11-9-12-33(25-32)38-27-36-19-20-37-26-35-10-7-8-17-45(35)51-47(37)46(36)50-30-38/h1-28,30H. The van der Waals surface area contributed by atoms with Crippen molar-refractivity contribution in [2.45, 2.75) is 5.41 Å². The Balaban J connectivity index is 1.13. The Bertz CT molecular complexity index is 2830. The van der Waals surface area contributed by atoms with Crippen molar-refractivity contribution in [2.75, 3.05) is 0 Å². The van der Waals surface area contributed by atoms with E-state index < -0.39 is 5.41 Å². The molecule has 0 spiro atoms. The van der Waals surface area contributed by atoms with Gasteiger partial charge in [-0.15, -0.1) is 0 Å². The highest BCUT2D eigenvalue weighted by molar-refractivity contribution is 6.07. The average molecular weight is 648 g/mol. The van der Waals surface area contributed by atoms with Crippen molar-refractivity contribution in [3.8, 4) is 39.4 Å². The van der Waals surface area contributed by atoms with Gasteiger partial charge >= 0.3 is 0 Å². The van der Waals surface area contributed by atoms with Crippen molar-refractivity contribution in [3.63, 3.8) is 0 Å². The summed E-state index contributed by atoms with van der Waals surface area (Å²) in [5.74, 6) is 0. The molecule has 10 rings (SSSR count). The lowest BCUT2D eigenvalue weighted by Crippen LogP contribution is -2.28. The van der Waals surface area contributed by atoms with Crippen LogP contribution in [-0.4, -0.2) is 9.97 Å². The number of aromatic nitrogens is 2. The van der Waals surface area contributed by atoms with Crippen molar-refractivity contribution >= 4 is 32.7 Å². The molecule has 0 saturated carbocycles. The predicted molar refractivity (Wildman–Crippen MR) is 207 cm³/mol. The van der Waals surface area contributed by atoms with Gasteiger partial charge in [-0.05, 0) is 92.5 Å². The molecule has 0 atom stereocenters. The number of hydrogen-bond acceptors (Lipinski definition) is 3. The summed E-state index contributed by atoms with van der Waals surface area (Å²) >= 11 is 0. The molecule has 0 amide bonds. The first-order valence-electron chi connectivity index (χ1n) is 17.2. The molecule has 2 heterocycles. The van der Waals surface area contributed by atoms with Crippen LogP contribution in [0.3, 0.4) is 0 Å². The van der Waals surface area contributed by atoms with Gasteiger partial charge in [0.2, 0.25) is 0 Å². The highest BCUT2D eigenvalue weighted by Gasteiger charge is 2.46. The molecule has 0 aliphatic heterocycles. The van der Waals surface area contributed by atoms with Crippen molar-refractivity contribution in [2.24, 2.45) is 0 Å². The first-order chi connectivity index (χ1) is 25.2. The number of hydrogen-bond donors (Lipinski definition) is 0. The number of fused-ring (bicyclic) bond motifs is 7. The van der Waals surface area contributed by atoms with E-state index in [9.17, 15) is 5.26 Å². The maximum Gasteiger partial charge on any atom is 0.0991 e. The summed E-state index contributed by atoms with van der Waals surface area (Å²) < 4.78 is 0. The SMILES string of the molecule is N#Cc1ccc2c(c1)C(c1ccccc1)(c1ccccc1)c1cc(-c3cccc(-c4cnc5c(ccc6cc7ccccc7nc65)c4)c3)ccc1-2. The number of benzene rings is 7. The van der Waals surface area contributed by atoms with E-state index in [0.29, 0.717) is 5.56 Å². The van der Waals surface area contributed by atoms with Crippen LogP contribution in [0.15, 0.2) is 176 Å². The first-order valence-corrected chi connectivity index (χ1v) is 17.2. The fraction of sp³-hybridized carbons (Fsp3) is 0.0208. The van der Waals surface area contributed by atoms with Crippen LogP contribution >= 0.6 is 0 Å². The Morgan fingerprint density at radius 3 is 1.82 bits per heavy atom. The van der Waals surface area contributed by atoms with Crippen molar-refractivity contribution < 1.29 is 0 Å². The Labute approximate surface area is 295 Å². The van der Waals surface area contributed by atoms with Gasteiger partial charge in [0, 0.05) is 27.9 Å². The quantitative estimate of drug-likeness (QED) is 0.141. The summed E-state index contributed by atoms with van der Waals surface area (Å²) in [7, 11) is 0. The minimum Gasteiger partial charge on any atom is -0.253 e. The summed E-state index contributed by atoms with van der Waals surface area (Å²) in [5.41, 5.74) is 14.4. The molecule has 9 aromatic rings. The van der Waals surface area contributed by atoms with Crippen LogP contribution in [0.1, 0.15) is 27.8 Å². The van der Waals surface area contributed by atoms with Gasteiger partial charge in [0.05, 0.1) is 33.6 Å². The highest BCUT2D eigenvalue weighted by Crippen LogP contribution is 2.57. The third kappa shape index (κ3) is 4.44. The van der Waals surface area contributed by atoms with Crippen LogP contribution in [0, 0.1) is 11.3 Å². The number of pyridine rings is 2. The zero-order valence-electron chi connectivity index (χ0n) is 27.6. The molecule has 3 heteroatoms. The molecular formula is C48H29N3. The first kappa shape index (κ1) is 29.1. The van der Waals surface area contributed by atoms with Crippen molar-refractivity contribution in [1.29, 1.82) is 5.26 Å². The van der Waals surface area contributed by atoms with E-state index in [-0.39, 0.29) is 0 Å². The van der Waals surface area contributed by atoms with Gasteiger partial charge in [0.25, 0.3) is 0 Å². The molecule has 0 bridgehead atoms. The zero-order chi connectivity index (χ0) is 33.9. The smallest absolute Gasteiger partial charge is 0.0991 e. The topological polar surface area (TPSA) is 49.6 Å². The molecule has 3 nitrogen and oxygen atoms in total. The largest absolute Gasteiger partial charge is 0.253 e. The van der Waals surface area contributed by atoms with E-state index in [1.807, 2.05) is 24.4 Å². The Kier molecular flexibility index (Phi) is 6.46. The van der Waals surface area contributed by atoms with Crippen LogP contribution in [0.5, 0.6) is 0 Å². The van der Waals surface area contributed by atoms with Gasteiger partial charge in [-0.25, -0.2) is 4.98 Å². The van der Waals surface area contributed by atoms with Crippen LogP contribution < -0.4 is 0 Å². The second-order valence-corrected chi connectivity index (χ2v) is 13.3. The molecule has 1 aliphatic rings. The van der Waals surface area contributed by atoms with E-state index in [0.717, 1.165) is 66.1 Å². The average Bonchev–Trinajstić information content (AvgIpc) is 3.50. The van der Waals surface area contributed by atoms with E-state index in [1.54, 1.807) is 0 Å². The van der Waals surface area contributed by atoms with Gasteiger partial charge in [0.1, 0.15) is 0 Å². The molecule has 1 aliphatic carbocycles. The van der Waals surface area contributed by atoms with E-state index >= 15 is 0 Å². The third-order valence-electron chi connectivity index (χ3n) is 10.5. The molecule has 0 N–H and O–H groups in total. The van der Waals surface area contributed by atoms with Gasteiger partial charge in [0.15, 0.2) is 0 Å². The summed E-state index contributed by atoms with van der Waals surface area (Å²) in [5, 5.41) is 13.3. The molecule has 0 saturated heterocycles. The van der Waals surface area contributed by atoms with Gasteiger partial charge in [-0.1, -0.05) is 127 Å². The minimum absolute atomic E-state index is 0.585. The van der Waals surface area contributed by atoms with Crippen LogP contribution in [0.25, 0.3) is 66.1 Å². The molecule has 236 valence electrons. The second-order valence-electron chi connectivity index (χ2n) is 13.3. The Hall–Kier alpha value is -6.89. The minimum atomic E-state index is -0.585. The van der Waals surface area contributed by atoms with Gasteiger partial charge in [-0.2, -0.15) is 5.26 Å². The van der Waals surface area contributed by atoms with Crippen LogP contribution in [0.2, 0.25) is 0 Å². The lowest BCUT2D eigenvalue weighted by molar-refractivity contribution is 0.768. The fourth-order valence-electron chi connectivity index (χ4n) is 8.21. The fourth-order valence-corrected chi connectivity index (χ4v) is 8.21. The maximum absolute atomic E-state index is 10.00. The number of nitriles is 1. The zero-order valence-corrected chi connectivity index (χ0v) is 27.6. The van der Waals surface area contributed by atoms with Gasteiger partial charge < -0.3 is 0 Å². The van der Waals surface area contributed by atoms with E-state index in [1.165, 1.54) is 22.3 Å². The monoisotopic (exact) mass is 647 g/mol. The highest BCUT2D eigenvalue weighted by atomic mass is 14.7. The summed E-state index contributed by atoms with van der Waals surface area (Å²) in [6, 6.07) is 62.5. The number of para-hydroxylation sites is 1. The lowest BCUT2D eigenvalue weighted by Gasteiger charge is -2.34. The molecule has 7 aromatic carbocycles. The number of nitrogens with zero attached hydrogens (tertiary/aromatic N) is 3. The molecule has 0 radical (unpaired) electrons. The second kappa shape index (κ2) is 11.3. The third-order valence-corrected chi connectivity index (χ3v) is 10.5. The molecule has 51 heavy (non-hydrogen) atoms. The van der Waals surface area contributed by atoms with Crippen LogP contribution in [0.4, 0.5) is 0 Å². The molecule has 0 unspecified atom stereocenters. The number of rotatable bonds is 4. The van der Waals surface area contributed by atoms with Crippen molar-refractivity contribution in [3.05, 3.63) is 204 Å². The molecule has 0 fully saturated rings. The van der Waals surface area contributed by atoms with E-state index in [4.69, 9.17) is 9.97 Å². The predicted octanol–water partition coefficient (Wildman–Crippen LogP) is 11.5. The van der Waals surface area contributed by atoms with Crippen molar-refractivity contribution in [1.82, 2.24) is 9.97 Å². The summed E-state index contributed by atoms with van der Waals surface area (Å²) in [4.78, 5) is 9.97. The maximum atomic E-state index is 10.00.